The van der Waals surface area contributed by atoms with Crippen LogP contribution in [0.5, 0.6) is 6.01 Å². The molecular weight excluding hydrogens is 252 g/mol. The summed E-state index contributed by atoms with van der Waals surface area (Å²) in [6.07, 6.45) is 3.73. The van der Waals surface area contributed by atoms with Crippen molar-refractivity contribution in [3.63, 3.8) is 0 Å². The zero-order chi connectivity index (χ0) is 13.1. The first kappa shape index (κ1) is 13.4. The number of aromatic nitrogens is 2. The van der Waals surface area contributed by atoms with Crippen LogP contribution in [-0.2, 0) is 0 Å². The zero-order valence-electron chi connectivity index (χ0n) is 11.0. The Labute approximate surface area is 113 Å². The number of piperidine rings is 1. The molecule has 0 spiro atoms. The lowest BCUT2D eigenvalue weighted by Gasteiger charge is -2.35. The van der Waals surface area contributed by atoms with E-state index >= 15 is 0 Å². The van der Waals surface area contributed by atoms with E-state index in [-0.39, 0.29) is 0 Å². The highest BCUT2D eigenvalue weighted by atomic mass is 35.5. The van der Waals surface area contributed by atoms with Crippen molar-refractivity contribution in [2.24, 2.45) is 0 Å². The van der Waals surface area contributed by atoms with Crippen LogP contribution in [0.4, 0.5) is 5.82 Å². The van der Waals surface area contributed by atoms with E-state index in [0.717, 1.165) is 19.4 Å². The molecule has 0 radical (unpaired) electrons. The van der Waals surface area contributed by atoms with Gasteiger partial charge in [0.25, 0.3) is 0 Å². The fourth-order valence-corrected chi connectivity index (χ4v) is 2.31. The number of nitrogens with zero attached hydrogens (tertiary/aromatic N) is 3. The summed E-state index contributed by atoms with van der Waals surface area (Å²) in [5, 5.41) is 3.92. The van der Waals surface area contributed by atoms with Gasteiger partial charge in [0.05, 0.1) is 13.3 Å². The van der Waals surface area contributed by atoms with Crippen LogP contribution in [0.1, 0.15) is 19.8 Å². The van der Waals surface area contributed by atoms with Gasteiger partial charge < -0.3 is 15.0 Å². The van der Waals surface area contributed by atoms with Gasteiger partial charge in [-0.2, -0.15) is 4.98 Å². The lowest BCUT2D eigenvalue weighted by atomic mass is 9.99. The van der Waals surface area contributed by atoms with Crippen LogP contribution in [-0.4, -0.2) is 47.7 Å². The monoisotopic (exact) mass is 270 g/mol. The molecule has 1 aromatic heterocycles. The van der Waals surface area contributed by atoms with Crippen LogP contribution in [0.2, 0.25) is 5.02 Å². The molecule has 1 N–H and O–H groups in total. The Hall–Kier alpha value is -1.07. The number of hydrogen-bond acceptors (Lipinski definition) is 5. The molecule has 1 aliphatic heterocycles. The highest BCUT2D eigenvalue weighted by Crippen LogP contribution is 2.24. The maximum Gasteiger partial charge on any atom is 0.318 e. The Bertz CT molecular complexity index is 415. The summed E-state index contributed by atoms with van der Waals surface area (Å²) in [6, 6.07) is 1.30. The summed E-state index contributed by atoms with van der Waals surface area (Å²) in [5.74, 6) is 0.658. The van der Waals surface area contributed by atoms with Gasteiger partial charge in [-0.1, -0.05) is 11.6 Å². The minimum absolute atomic E-state index is 0.336. The molecule has 1 saturated heterocycles. The highest BCUT2D eigenvalue weighted by Gasteiger charge is 2.23. The van der Waals surface area contributed by atoms with E-state index in [9.17, 15) is 0 Å². The van der Waals surface area contributed by atoms with Crippen molar-refractivity contribution in [2.75, 3.05) is 26.0 Å². The number of hydrogen-bond donors (Lipinski definition) is 1. The molecular formula is C12H19ClN4O. The summed E-state index contributed by atoms with van der Waals surface area (Å²) < 4.78 is 5.01. The molecule has 1 fully saturated rings. The van der Waals surface area contributed by atoms with Crippen molar-refractivity contribution in [3.05, 3.63) is 11.2 Å². The number of rotatable bonds is 3. The molecule has 1 aliphatic rings. The third kappa shape index (κ3) is 3.03. The van der Waals surface area contributed by atoms with Crippen LogP contribution in [0.25, 0.3) is 0 Å². The molecule has 1 aromatic rings. The lowest BCUT2D eigenvalue weighted by Crippen LogP contribution is -2.42. The average Bonchev–Trinajstić information content (AvgIpc) is 2.36. The first-order chi connectivity index (χ1) is 8.60. The Kier molecular flexibility index (Phi) is 4.24. The van der Waals surface area contributed by atoms with E-state index in [1.54, 1.807) is 13.3 Å². The van der Waals surface area contributed by atoms with Gasteiger partial charge in [-0.15, -0.1) is 0 Å². The molecule has 18 heavy (non-hydrogen) atoms. The van der Waals surface area contributed by atoms with Crippen molar-refractivity contribution >= 4 is 17.4 Å². The van der Waals surface area contributed by atoms with Gasteiger partial charge in [-0.3, -0.25) is 0 Å². The SMILES string of the molecule is COc1ncc(Cl)c(NC2CCN(C)C(C)C2)n1. The Morgan fingerprint density at radius 1 is 1.56 bits per heavy atom. The quantitative estimate of drug-likeness (QED) is 0.911. The summed E-state index contributed by atoms with van der Waals surface area (Å²) in [4.78, 5) is 10.6. The van der Waals surface area contributed by atoms with Crippen LogP contribution >= 0.6 is 11.6 Å². The van der Waals surface area contributed by atoms with Gasteiger partial charge in [0.1, 0.15) is 5.02 Å². The third-order valence-electron chi connectivity index (χ3n) is 3.45. The number of likely N-dealkylation sites (tertiary alicyclic amines) is 1. The van der Waals surface area contributed by atoms with E-state index in [0.29, 0.717) is 28.9 Å². The highest BCUT2D eigenvalue weighted by molar-refractivity contribution is 6.32. The van der Waals surface area contributed by atoms with Gasteiger partial charge in [0.15, 0.2) is 5.82 Å². The number of halogens is 1. The van der Waals surface area contributed by atoms with Gasteiger partial charge in [-0.25, -0.2) is 4.98 Å². The fourth-order valence-electron chi connectivity index (χ4n) is 2.16. The molecule has 0 amide bonds. The number of methoxy groups -OCH3 is 1. The van der Waals surface area contributed by atoms with E-state index < -0.39 is 0 Å². The molecule has 6 heteroatoms. The molecule has 0 aliphatic carbocycles. The molecule has 0 saturated carbocycles. The van der Waals surface area contributed by atoms with E-state index in [1.165, 1.54) is 0 Å². The minimum Gasteiger partial charge on any atom is -0.467 e. The first-order valence-corrected chi connectivity index (χ1v) is 6.51. The molecule has 2 heterocycles. The molecule has 5 nitrogen and oxygen atoms in total. The smallest absolute Gasteiger partial charge is 0.318 e. The molecule has 2 unspecified atom stereocenters. The van der Waals surface area contributed by atoms with Crippen LogP contribution in [0, 0.1) is 0 Å². The number of nitrogens with one attached hydrogen (secondary N) is 1. The predicted molar refractivity (Wildman–Crippen MR) is 72.3 cm³/mol. The third-order valence-corrected chi connectivity index (χ3v) is 3.73. The fraction of sp³-hybridized carbons (Fsp3) is 0.667. The van der Waals surface area contributed by atoms with Gasteiger partial charge in [-0.05, 0) is 26.8 Å². The minimum atomic E-state index is 0.336. The standard InChI is InChI=1S/C12H19ClN4O/c1-8-6-9(4-5-17(8)2)15-11-10(13)7-14-12(16-11)18-3/h7-9H,4-6H2,1-3H3,(H,14,15,16). The van der Waals surface area contributed by atoms with Crippen molar-refractivity contribution < 1.29 is 4.74 Å². The maximum absolute atomic E-state index is 6.08. The van der Waals surface area contributed by atoms with E-state index in [4.69, 9.17) is 16.3 Å². The second-order valence-electron chi connectivity index (χ2n) is 4.75. The Morgan fingerprint density at radius 2 is 2.33 bits per heavy atom. The van der Waals surface area contributed by atoms with Crippen molar-refractivity contribution in [2.45, 2.75) is 31.8 Å². The molecule has 100 valence electrons. The largest absolute Gasteiger partial charge is 0.467 e. The van der Waals surface area contributed by atoms with Crippen molar-refractivity contribution in [1.82, 2.24) is 14.9 Å². The topological polar surface area (TPSA) is 50.3 Å². The van der Waals surface area contributed by atoms with Gasteiger partial charge in [0, 0.05) is 18.6 Å². The Balaban J connectivity index is 2.05. The van der Waals surface area contributed by atoms with E-state index in [1.807, 2.05) is 0 Å². The summed E-state index contributed by atoms with van der Waals surface area (Å²) in [5.41, 5.74) is 0. The van der Waals surface area contributed by atoms with E-state index in [2.05, 4.69) is 34.2 Å². The second-order valence-corrected chi connectivity index (χ2v) is 5.16. The van der Waals surface area contributed by atoms with Crippen LogP contribution < -0.4 is 10.1 Å². The molecule has 0 bridgehead atoms. The van der Waals surface area contributed by atoms with Crippen LogP contribution in [0.15, 0.2) is 6.20 Å². The lowest BCUT2D eigenvalue weighted by molar-refractivity contribution is 0.190. The molecule has 0 aromatic carbocycles. The molecule has 2 atom stereocenters. The Morgan fingerprint density at radius 3 is 3.00 bits per heavy atom. The summed E-state index contributed by atoms with van der Waals surface area (Å²) in [7, 11) is 3.70. The zero-order valence-corrected chi connectivity index (χ0v) is 11.7. The number of anilines is 1. The predicted octanol–water partition coefficient (Wildman–Crippen LogP) is 2.03. The van der Waals surface area contributed by atoms with Crippen molar-refractivity contribution in [3.8, 4) is 6.01 Å². The maximum atomic E-state index is 6.08. The average molecular weight is 271 g/mol. The first-order valence-electron chi connectivity index (χ1n) is 6.13. The van der Waals surface area contributed by atoms with Crippen LogP contribution in [0.3, 0.4) is 0 Å². The van der Waals surface area contributed by atoms with Gasteiger partial charge in [0.2, 0.25) is 0 Å². The molecule has 2 rings (SSSR count). The van der Waals surface area contributed by atoms with Crippen molar-refractivity contribution in [1.29, 1.82) is 0 Å². The normalized spacial score (nSPS) is 24.9. The number of ether oxygens (including phenoxy) is 1. The summed E-state index contributed by atoms with van der Waals surface area (Å²) >= 11 is 6.08. The van der Waals surface area contributed by atoms with Gasteiger partial charge >= 0.3 is 6.01 Å². The second kappa shape index (κ2) is 5.71. The summed E-state index contributed by atoms with van der Waals surface area (Å²) in [6.45, 7) is 3.31.